The highest BCUT2D eigenvalue weighted by Gasteiger charge is 2.27. The van der Waals surface area contributed by atoms with Crippen LogP contribution in [0.25, 0.3) is 4.96 Å². The number of thiazole rings is 1. The van der Waals surface area contributed by atoms with Crippen molar-refractivity contribution in [3.05, 3.63) is 58.9 Å². The van der Waals surface area contributed by atoms with Gasteiger partial charge in [0, 0.05) is 56.9 Å². The van der Waals surface area contributed by atoms with Crippen LogP contribution in [0.5, 0.6) is 0 Å². The summed E-state index contributed by atoms with van der Waals surface area (Å²) in [5.41, 5.74) is 3.82. The highest BCUT2D eigenvalue weighted by molar-refractivity contribution is 7.15. The standard InChI is InChI=1S/C21H28N4OS/c1-17-20(25-12-14-27-21(25)22-17)16-23-10-11-24(19(15-23)8-13-26)9-7-18-5-3-2-4-6-18/h2-6,12,14,19,26H,7-11,13,15-16H2,1H3/t19-/m1/s1. The Morgan fingerprint density at radius 2 is 2.07 bits per heavy atom. The fourth-order valence-corrected chi connectivity index (χ4v) is 4.86. The molecule has 0 spiro atoms. The molecule has 1 saturated heterocycles. The summed E-state index contributed by atoms with van der Waals surface area (Å²) in [6.07, 6.45) is 4.03. The van der Waals surface area contributed by atoms with Gasteiger partial charge in [-0.15, -0.1) is 11.3 Å². The minimum Gasteiger partial charge on any atom is -0.396 e. The maximum absolute atomic E-state index is 9.56. The van der Waals surface area contributed by atoms with Gasteiger partial charge in [0.25, 0.3) is 0 Å². The van der Waals surface area contributed by atoms with E-state index in [1.807, 2.05) is 0 Å². The van der Waals surface area contributed by atoms with E-state index in [1.54, 1.807) is 11.3 Å². The summed E-state index contributed by atoms with van der Waals surface area (Å²) >= 11 is 1.69. The van der Waals surface area contributed by atoms with Crippen molar-refractivity contribution >= 4 is 16.3 Å². The molecule has 0 bridgehead atoms. The molecule has 1 aromatic carbocycles. The van der Waals surface area contributed by atoms with Gasteiger partial charge in [-0.2, -0.15) is 0 Å². The van der Waals surface area contributed by atoms with Gasteiger partial charge >= 0.3 is 0 Å². The van der Waals surface area contributed by atoms with Crippen molar-refractivity contribution in [3.63, 3.8) is 0 Å². The molecule has 144 valence electrons. The van der Waals surface area contributed by atoms with Gasteiger partial charge in [0.2, 0.25) is 0 Å². The molecule has 27 heavy (non-hydrogen) atoms. The molecule has 0 amide bonds. The number of imidazole rings is 1. The number of hydrogen-bond donors (Lipinski definition) is 1. The van der Waals surface area contributed by atoms with Crippen LogP contribution in [0, 0.1) is 6.92 Å². The van der Waals surface area contributed by atoms with Crippen molar-refractivity contribution < 1.29 is 5.11 Å². The fraction of sp³-hybridized carbons (Fsp3) is 0.476. The Labute approximate surface area is 164 Å². The topological polar surface area (TPSA) is 44.0 Å². The first-order valence-electron chi connectivity index (χ1n) is 9.77. The molecule has 6 heteroatoms. The molecule has 1 atom stereocenters. The average Bonchev–Trinajstić information content (AvgIpc) is 3.24. The second-order valence-electron chi connectivity index (χ2n) is 7.37. The van der Waals surface area contributed by atoms with Crippen molar-refractivity contribution in [1.82, 2.24) is 19.2 Å². The highest BCUT2D eigenvalue weighted by atomic mass is 32.1. The van der Waals surface area contributed by atoms with Crippen LogP contribution in [0.15, 0.2) is 41.9 Å². The minimum atomic E-state index is 0.251. The van der Waals surface area contributed by atoms with Gasteiger partial charge in [0.05, 0.1) is 11.4 Å². The summed E-state index contributed by atoms with van der Waals surface area (Å²) in [6.45, 7) is 7.47. The average molecular weight is 385 g/mol. The second-order valence-corrected chi connectivity index (χ2v) is 8.25. The summed E-state index contributed by atoms with van der Waals surface area (Å²) in [5, 5.41) is 11.7. The van der Waals surface area contributed by atoms with E-state index in [-0.39, 0.29) is 6.61 Å². The zero-order chi connectivity index (χ0) is 18.6. The Hall–Kier alpha value is -1.73. The van der Waals surface area contributed by atoms with Gasteiger partial charge in [-0.05, 0) is 25.3 Å². The van der Waals surface area contributed by atoms with Crippen LogP contribution >= 0.6 is 11.3 Å². The van der Waals surface area contributed by atoms with Crippen LogP contribution in [0.2, 0.25) is 0 Å². The smallest absolute Gasteiger partial charge is 0.194 e. The number of aryl methyl sites for hydroxylation is 1. The van der Waals surface area contributed by atoms with E-state index in [0.29, 0.717) is 6.04 Å². The van der Waals surface area contributed by atoms with E-state index in [1.165, 1.54) is 11.3 Å². The molecule has 1 aliphatic heterocycles. The Morgan fingerprint density at radius 1 is 1.22 bits per heavy atom. The van der Waals surface area contributed by atoms with Gasteiger partial charge in [-0.1, -0.05) is 30.3 Å². The lowest BCUT2D eigenvalue weighted by Gasteiger charge is -2.41. The second kappa shape index (κ2) is 8.52. The van der Waals surface area contributed by atoms with Crippen LogP contribution in [0.1, 0.15) is 23.4 Å². The number of piperazine rings is 1. The summed E-state index contributed by atoms with van der Waals surface area (Å²) in [6, 6.07) is 11.1. The normalized spacial score (nSPS) is 19.1. The van der Waals surface area contributed by atoms with Crippen LogP contribution < -0.4 is 0 Å². The predicted molar refractivity (Wildman–Crippen MR) is 110 cm³/mol. The number of nitrogens with zero attached hydrogens (tertiary/aromatic N) is 4. The molecule has 3 aromatic rings. The quantitative estimate of drug-likeness (QED) is 0.680. The summed E-state index contributed by atoms with van der Waals surface area (Å²) in [5.74, 6) is 0. The Bertz CT molecular complexity index is 860. The number of benzene rings is 1. The number of aromatic nitrogens is 2. The predicted octanol–water partition coefficient (Wildman–Crippen LogP) is 2.82. The zero-order valence-corrected chi connectivity index (χ0v) is 16.7. The lowest BCUT2D eigenvalue weighted by atomic mass is 10.1. The number of aliphatic hydroxyl groups is 1. The van der Waals surface area contributed by atoms with Crippen LogP contribution in [-0.4, -0.2) is 63.1 Å². The molecule has 1 aliphatic rings. The third kappa shape index (κ3) is 4.24. The van der Waals surface area contributed by atoms with E-state index >= 15 is 0 Å². The molecule has 0 saturated carbocycles. The van der Waals surface area contributed by atoms with Gasteiger partial charge in [0.1, 0.15) is 0 Å². The SMILES string of the molecule is Cc1nc2sccn2c1CN1CCN(CCc2ccccc2)[C@H](CCO)C1. The van der Waals surface area contributed by atoms with Crippen molar-refractivity contribution in [2.75, 3.05) is 32.8 Å². The lowest BCUT2D eigenvalue weighted by molar-refractivity contribution is 0.0554. The molecule has 1 N–H and O–H groups in total. The van der Waals surface area contributed by atoms with Gasteiger partial charge in [0.15, 0.2) is 4.96 Å². The number of hydrogen-bond acceptors (Lipinski definition) is 5. The number of fused-ring (bicyclic) bond motifs is 1. The van der Waals surface area contributed by atoms with Crippen LogP contribution in [-0.2, 0) is 13.0 Å². The van der Waals surface area contributed by atoms with Crippen molar-refractivity contribution in [1.29, 1.82) is 0 Å². The van der Waals surface area contributed by atoms with Gasteiger partial charge < -0.3 is 5.11 Å². The monoisotopic (exact) mass is 384 g/mol. The van der Waals surface area contributed by atoms with Gasteiger partial charge in [-0.3, -0.25) is 14.2 Å². The van der Waals surface area contributed by atoms with Crippen molar-refractivity contribution in [2.45, 2.75) is 32.4 Å². The van der Waals surface area contributed by atoms with Gasteiger partial charge in [-0.25, -0.2) is 4.98 Å². The molecule has 4 rings (SSSR count). The van der Waals surface area contributed by atoms with Crippen molar-refractivity contribution in [3.8, 4) is 0 Å². The van der Waals surface area contributed by atoms with Crippen LogP contribution in [0.4, 0.5) is 0 Å². The first-order chi connectivity index (χ1) is 13.2. The number of aliphatic hydroxyl groups excluding tert-OH is 1. The molecular formula is C21H28N4OS. The molecule has 5 nitrogen and oxygen atoms in total. The maximum atomic E-state index is 9.56. The highest BCUT2D eigenvalue weighted by Crippen LogP contribution is 2.21. The fourth-order valence-electron chi connectivity index (χ4n) is 4.08. The molecule has 0 radical (unpaired) electrons. The molecule has 2 aromatic heterocycles. The largest absolute Gasteiger partial charge is 0.396 e. The summed E-state index contributed by atoms with van der Waals surface area (Å²) < 4.78 is 2.23. The first-order valence-corrected chi connectivity index (χ1v) is 10.6. The van der Waals surface area contributed by atoms with E-state index in [2.05, 4.69) is 68.0 Å². The van der Waals surface area contributed by atoms with E-state index in [0.717, 1.165) is 56.2 Å². The Balaban J connectivity index is 1.40. The third-order valence-corrected chi connectivity index (χ3v) is 6.37. The lowest BCUT2D eigenvalue weighted by Crippen LogP contribution is -2.53. The van der Waals surface area contributed by atoms with Crippen molar-refractivity contribution in [2.24, 2.45) is 0 Å². The summed E-state index contributed by atoms with van der Waals surface area (Å²) in [4.78, 5) is 10.8. The maximum Gasteiger partial charge on any atom is 0.194 e. The Morgan fingerprint density at radius 3 is 2.89 bits per heavy atom. The zero-order valence-electron chi connectivity index (χ0n) is 15.9. The number of rotatable bonds is 7. The molecule has 1 fully saturated rings. The minimum absolute atomic E-state index is 0.251. The molecular weight excluding hydrogens is 356 g/mol. The summed E-state index contributed by atoms with van der Waals surface area (Å²) in [7, 11) is 0. The van der Waals surface area contributed by atoms with E-state index < -0.39 is 0 Å². The molecule has 0 aliphatic carbocycles. The van der Waals surface area contributed by atoms with E-state index in [9.17, 15) is 5.11 Å². The molecule has 3 heterocycles. The van der Waals surface area contributed by atoms with Crippen LogP contribution in [0.3, 0.4) is 0 Å². The van der Waals surface area contributed by atoms with E-state index in [4.69, 9.17) is 0 Å². The first kappa shape index (κ1) is 18.6. The third-order valence-electron chi connectivity index (χ3n) is 5.62. The molecule has 0 unspecified atom stereocenters. The Kier molecular flexibility index (Phi) is 5.88.